The Morgan fingerprint density at radius 3 is 2.50 bits per heavy atom. The first-order valence-corrected chi connectivity index (χ1v) is 12.0. The molecule has 1 saturated carbocycles. The van der Waals surface area contributed by atoms with E-state index in [9.17, 15) is 22.0 Å². The van der Waals surface area contributed by atoms with Gasteiger partial charge in [0, 0.05) is 11.3 Å². The zero-order valence-electron chi connectivity index (χ0n) is 17.5. The first-order valence-electron chi connectivity index (χ1n) is 10.4. The summed E-state index contributed by atoms with van der Waals surface area (Å²) in [6, 6.07) is 6.15. The minimum Gasteiger partial charge on any atom is -0.362 e. The van der Waals surface area contributed by atoms with Crippen LogP contribution in [0.5, 0.6) is 0 Å². The van der Waals surface area contributed by atoms with Crippen LogP contribution >= 0.6 is 0 Å². The lowest BCUT2D eigenvalue weighted by molar-refractivity contribution is 0.102. The fourth-order valence-corrected chi connectivity index (χ4v) is 7.20. The second kappa shape index (κ2) is 7.91. The molecule has 0 bridgehead atoms. The number of anilines is 1. The molecule has 10 heteroatoms. The molecule has 1 amide bonds. The highest BCUT2D eigenvalue weighted by Gasteiger charge is 2.56. The van der Waals surface area contributed by atoms with E-state index in [1.54, 1.807) is 6.92 Å². The molecule has 2 heterocycles. The monoisotopic (exact) mass is 462 g/mol. The van der Waals surface area contributed by atoms with E-state index in [1.807, 2.05) is 0 Å². The summed E-state index contributed by atoms with van der Waals surface area (Å²) in [4.78, 5) is 16.1. The van der Waals surface area contributed by atoms with Crippen molar-refractivity contribution in [2.24, 2.45) is 0 Å². The molecule has 2 aromatic rings. The number of sulfone groups is 1. The van der Waals surface area contributed by atoms with Gasteiger partial charge in [0.05, 0.1) is 17.5 Å². The van der Waals surface area contributed by atoms with Gasteiger partial charge in [-0.1, -0.05) is 19.3 Å². The van der Waals surface area contributed by atoms with E-state index in [0.717, 1.165) is 37.6 Å². The van der Waals surface area contributed by atoms with Gasteiger partial charge < -0.3 is 10.6 Å². The highest BCUT2D eigenvalue weighted by atomic mass is 32.2. The Balaban J connectivity index is 1.64. The normalized spacial score (nSPS) is 24.0. The number of hydrogen-bond donors (Lipinski definition) is 3. The second-order valence-electron chi connectivity index (χ2n) is 8.66. The van der Waals surface area contributed by atoms with Gasteiger partial charge in [-0.25, -0.2) is 22.2 Å². The molecule has 1 aliphatic heterocycles. The number of aromatic nitrogens is 1. The SMILES string of the molecule is C[C@@]1(c2cc(NC(=O)c3ccc(F)cn3)ccc2F)CS(=O)(=O)C2(CCCCC2)C(=N)N1. The first-order chi connectivity index (χ1) is 15.1. The topological polar surface area (TPSA) is 112 Å². The molecule has 1 spiro atoms. The molecule has 1 atom stereocenters. The Hall–Kier alpha value is -2.88. The third kappa shape index (κ3) is 3.76. The number of hydrogen-bond acceptors (Lipinski definition) is 5. The Morgan fingerprint density at radius 1 is 1.16 bits per heavy atom. The molecule has 7 nitrogen and oxygen atoms in total. The highest BCUT2D eigenvalue weighted by molar-refractivity contribution is 7.93. The van der Waals surface area contributed by atoms with Crippen LogP contribution in [0.25, 0.3) is 0 Å². The number of nitrogens with one attached hydrogen (secondary N) is 3. The summed E-state index contributed by atoms with van der Waals surface area (Å²) in [6.07, 6.45) is 4.08. The van der Waals surface area contributed by atoms with Gasteiger partial charge in [0.25, 0.3) is 5.91 Å². The van der Waals surface area contributed by atoms with Crippen LogP contribution in [0.4, 0.5) is 14.5 Å². The van der Waals surface area contributed by atoms with Crippen LogP contribution < -0.4 is 10.6 Å². The van der Waals surface area contributed by atoms with Gasteiger partial charge in [0.1, 0.15) is 27.9 Å². The van der Waals surface area contributed by atoms with Crippen LogP contribution in [-0.2, 0) is 15.4 Å². The van der Waals surface area contributed by atoms with Crippen molar-refractivity contribution in [3.8, 4) is 0 Å². The van der Waals surface area contributed by atoms with E-state index >= 15 is 0 Å². The molecule has 2 fully saturated rings. The van der Waals surface area contributed by atoms with Crippen LogP contribution in [0.3, 0.4) is 0 Å². The summed E-state index contributed by atoms with van der Waals surface area (Å²) < 4.78 is 53.3. The zero-order chi connectivity index (χ0) is 23.1. The van der Waals surface area contributed by atoms with E-state index < -0.39 is 37.7 Å². The summed E-state index contributed by atoms with van der Waals surface area (Å²) in [5, 5.41) is 14.1. The van der Waals surface area contributed by atoms with Crippen molar-refractivity contribution in [1.82, 2.24) is 10.3 Å². The average molecular weight is 463 g/mol. The maximum atomic E-state index is 14.8. The molecule has 1 aromatic carbocycles. The maximum Gasteiger partial charge on any atom is 0.274 e. The standard InChI is InChI=1S/C22H24F2N4O3S/c1-21(13-32(30,31)22(20(25)28-21)9-3-2-4-10-22)16-11-15(6-7-17(16)24)27-19(29)18-8-5-14(23)12-26-18/h5-8,11-12H,2-4,9-10,13H2,1H3,(H2,25,28)(H,27,29)/t21-/m0/s1. The van der Waals surface area contributed by atoms with Crippen molar-refractivity contribution >= 4 is 27.3 Å². The summed E-state index contributed by atoms with van der Waals surface area (Å²) in [5.41, 5.74) is -1.15. The second-order valence-corrected chi connectivity index (χ2v) is 11.0. The van der Waals surface area contributed by atoms with E-state index in [2.05, 4.69) is 15.6 Å². The molecule has 4 rings (SSSR count). The minimum atomic E-state index is -3.74. The molecule has 0 radical (unpaired) electrons. The third-order valence-corrected chi connectivity index (χ3v) is 9.13. The number of halogens is 2. The van der Waals surface area contributed by atoms with Crippen LogP contribution in [0.15, 0.2) is 36.5 Å². The van der Waals surface area contributed by atoms with Gasteiger partial charge >= 0.3 is 0 Å². The number of rotatable bonds is 3. The number of nitrogens with zero attached hydrogens (tertiary/aromatic N) is 1. The number of benzene rings is 1. The van der Waals surface area contributed by atoms with Crippen LogP contribution in [0.1, 0.15) is 55.1 Å². The van der Waals surface area contributed by atoms with E-state index in [4.69, 9.17) is 5.41 Å². The van der Waals surface area contributed by atoms with Crippen LogP contribution in [-0.4, -0.2) is 35.6 Å². The maximum absolute atomic E-state index is 14.8. The van der Waals surface area contributed by atoms with E-state index in [1.165, 1.54) is 18.2 Å². The minimum absolute atomic E-state index is 0.0251. The molecular formula is C22H24F2N4O3S. The number of amidine groups is 1. The smallest absolute Gasteiger partial charge is 0.274 e. The largest absolute Gasteiger partial charge is 0.362 e. The molecule has 2 aliphatic rings. The van der Waals surface area contributed by atoms with Gasteiger partial charge in [0.15, 0.2) is 9.84 Å². The van der Waals surface area contributed by atoms with E-state index in [0.29, 0.717) is 12.8 Å². The fourth-order valence-electron chi connectivity index (χ4n) is 4.66. The van der Waals surface area contributed by atoms with Crippen LogP contribution in [0, 0.1) is 17.0 Å². The Labute approximate surface area is 185 Å². The number of carbonyl (C=O) groups excluding carboxylic acids is 1. The summed E-state index contributed by atoms with van der Waals surface area (Å²) >= 11 is 0. The number of amides is 1. The zero-order valence-corrected chi connectivity index (χ0v) is 18.4. The average Bonchev–Trinajstić information content (AvgIpc) is 2.74. The quantitative estimate of drug-likeness (QED) is 0.646. The van der Waals surface area contributed by atoms with E-state index in [-0.39, 0.29) is 28.5 Å². The van der Waals surface area contributed by atoms with Crippen molar-refractivity contribution in [1.29, 1.82) is 5.41 Å². The molecule has 1 saturated heterocycles. The van der Waals surface area contributed by atoms with Crippen molar-refractivity contribution < 1.29 is 22.0 Å². The molecule has 1 aromatic heterocycles. The summed E-state index contributed by atoms with van der Waals surface area (Å²) in [6.45, 7) is 1.54. The van der Waals surface area contributed by atoms with Crippen molar-refractivity contribution in [2.75, 3.05) is 11.1 Å². The predicted octanol–water partition coefficient (Wildman–Crippen LogP) is 3.53. The first kappa shape index (κ1) is 22.3. The van der Waals surface area contributed by atoms with Gasteiger partial charge in [0.2, 0.25) is 0 Å². The Kier molecular flexibility index (Phi) is 5.52. The summed E-state index contributed by atoms with van der Waals surface area (Å²) in [5.74, 6) is -2.32. The van der Waals surface area contributed by atoms with Gasteiger partial charge in [-0.15, -0.1) is 0 Å². The van der Waals surface area contributed by atoms with Gasteiger partial charge in [-0.3, -0.25) is 10.2 Å². The Morgan fingerprint density at radius 2 is 1.88 bits per heavy atom. The molecule has 3 N–H and O–H groups in total. The highest BCUT2D eigenvalue weighted by Crippen LogP contribution is 2.43. The van der Waals surface area contributed by atoms with Gasteiger partial charge in [-0.05, 0) is 50.1 Å². The lowest BCUT2D eigenvalue weighted by atomic mass is 9.84. The predicted molar refractivity (Wildman–Crippen MR) is 116 cm³/mol. The molecular weight excluding hydrogens is 438 g/mol. The summed E-state index contributed by atoms with van der Waals surface area (Å²) in [7, 11) is -3.74. The number of pyridine rings is 1. The lowest BCUT2D eigenvalue weighted by Crippen LogP contribution is -2.66. The molecule has 1 aliphatic carbocycles. The Bertz CT molecular complexity index is 1180. The van der Waals surface area contributed by atoms with Crippen LogP contribution in [0.2, 0.25) is 0 Å². The number of carbonyl (C=O) groups is 1. The molecule has 0 unspecified atom stereocenters. The van der Waals surface area contributed by atoms with Gasteiger partial charge in [-0.2, -0.15) is 0 Å². The fraction of sp³-hybridized carbons (Fsp3) is 0.409. The van der Waals surface area contributed by atoms with Crippen molar-refractivity contribution in [2.45, 2.75) is 49.3 Å². The third-order valence-electron chi connectivity index (χ3n) is 6.37. The van der Waals surface area contributed by atoms with Crippen molar-refractivity contribution in [3.05, 3.63) is 59.4 Å². The molecule has 170 valence electrons. The molecule has 32 heavy (non-hydrogen) atoms. The van der Waals surface area contributed by atoms with Crippen molar-refractivity contribution in [3.63, 3.8) is 0 Å². The lowest BCUT2D eigenvalue weighted by Gasteiger charge is -2.47.